The van der Waals surface area contributed by atoms with Crippen molar-refractivity contribution in [1.82, 2.24) is 0 Å². The molecule has 0 aromatic heterocycles. The predicted octanol–water partition coefficient (Wildman–Crippen LogP) is 22.2. The fourth-order valence-corrected chi connectivity index (χ4v) is 13.2. The van der Waals surface area contributed by atoms with Gasteiger partial charge >= 0.3 is 39.5 Å². The van der Waals surface area contributed by atoms with Crippen molar-refractivity contribution >= 4 is 39.5 Å². The highest BCUT2D eigenvalue weighted by molar-refractivity contribution is 7.47. The number of hydrogen-bond donors (Lipinski definition) is 3. The minimum atomic E-state index is -4.95. The van der Waals surface area contributed by atoms with E-state index in [9.17, 15) is 43.2 Å². The van der Waals surface area contributed by atoms with Gasteiger partial charge in [-0.05, 0) is 25.7 Å². The summed E-state index contributed by atoms with van der Waals surface area (Å²) in [5.74, 6) is -2.13. The molecule has 0 radical (unpaired) electrons. The van der Waals surface area contributed by atoms with Crippen molar-refractivity contribution in [2.24, 2.45) is 0 Å². The van der Waals surface area contributed by atoms with Crippen LogP contribution in [0.15, 0.2) is 0 Å². The Morgan fingerprint density at radius 1 is 0.255 bits per heavy atom. The maximum Gasteiger partial charge on any atom is 0.472 e. The normalized spacial score (nSPS) is 13.9. The van der Waals surface area contributed by atoms with Gasteiger partial charge in [0.1, 0.15) is 19.3 Å². The van der Waals surface area contributed by atoms with Crippen LogP contribution in [-0.2, 0) is 65.4 Å². The zero-order chi connectivity index (χ0) is 69.0. The van der Waals surface area contributed by atoms with Crippen molar-refractivity contribution in [2.75, 3.05) is 39.6 Å². The molecule has 2 unspecified atom stereocenters. The number of carbonyl (C=O) groups excluding carboxylic acids is 4. The summed E-state index contributed by atoms with van der Waals surface area (Å²) < 4.78 is 68.1. The fraction of sp³-hybridized carbons (Fsp3) is 0.947. The summed E-state index contributed by atoms with van der Waals surface area (Å²) in [6.45, 7) is 4.85. The van der Waals surface area contributed by atoms with E-state index in [2.05, 4.69) is 27.7 Å². The first-order valence-corrected chi connectivity index (χ1v) is 42.3. The summed E-state index contributed by atoms with van der Waals surface area (Å²) in [5.41, 5.74) is 0. The van der Waals surface area contributed by atoms with Gasteiger partial charge in [-0.15, -0.1) is 0 Å². The van der Waals surface area contributed by atoms with E-state index in [1.165, 1.54) is 218 Å². The molecule has 3 N–H and O–H groups in total. The third-order valence-electron chi connectivity index (χ3n) is 17.6. The van der Waals surface area contributed by atoms with Gasteiger partial charge in [-0.3, -0.25) is 37.3 Å². The molecule has 558 valence electrons. The largest absolute Gasteiger partial charge is 0.472 e. The van der Waals surface area contributed by atoms with E-state index in [-0.39, 0.29) is 25.7 Å². The molecule has 94 heavy (non-hydrogen) atoms. The van der Waals surface area contributed by atoms with Crippen LogP contribution in [0.5, 0.6) is 0 Å². The number of aliphatic hydroxyl groups excluding tert-OH is 1. The Morgan fingerprint density at radius 3 is 0.628 bits per heavy atom. The number of esters is 4. The van der Waals surface area contributed by atoms with Crippen LogP contribution < -0.4 is 0 Å². The molecular formula is C75H146O17P2. The fourth-order valence-electron chi connectivity index (χ4n) is 11.6. The highest BCUT2D eigenvalue weighted by Crippen LogP contribution is 2.45. The van der Waals surface area contributed by atoms with Crippen molar-refractivity contribution < 1.29 is 80.2 Å². The van der Waals surface area contributed by atoms with Crippen molar-refractivity contribution in [3.05, 3.63) is 0 Å². The molecule has 0 aromatic carbocycles. The maximum absolute atomic E-state index is 13.1. The van der Waals surface area contributed by atoms with E-state index in [0.717, 1.165) is 103 Å². The number of unbranched alkanes of at least 4 members (excludes halogenated alkanes) is 50. The lowest BCUT2D eigenvalue weighted by Gasteiger charge is -2.21. The van der Waals surface area contributed by atoms with Crippen molar-refractivity contribution in [3.8, 4) is 0 Å². The van der Waals surface area contributed by atoms with Gasteiger partial charge in [-0.2, -0.15) is 0 Å². The molecule has 0 rings (SSSR count). The molecule has 0 saturated heterocycles. The molecule has 0 aliphatic rings. The minimum absolute atomic E-state index is 0.105. The van der Waals surface area contributed by atoms with Gasteiger partial charge in [-0.25, -0.2) is 9.13 Å². The molecule has 0 amide bonds. The minimum Gasteiger partial charge on any atom is -0.462 e. The highest BCUT2D eigenvalue weighted by Gasteiger charge is 2.30. The van der Waals surface area contributed by atoms with Crippen LogP contribution in [0.2, 0.25) is 0 Å². The molecule has 19 heteroatoms. The van der Waals surface area contributed by atoms with Gasteiger partial charge in [0.05, 0.1) is 26.4 Å². The van der Waals surface area contributed by atoms with E-state index in [1.807, 2.05) is 0 Å². The lowest BCUT2D eigenvalue weighted by atomic mass is 10.0. The van der Waals surface area contributed by atoms with E-state index in [1.54, 1.807) is 0 Å². The molecule has 0 saturated carbocycles. The Balaban J connectivity index is 5.07. The van der Waals surface area contributed by atoms with E-state index >= 15 is 0 Å². The first-order chi connectivity index (χ1) is 45.7. The summed E-state index contributed by atoms with van der Waals surface area (Å²) in [6, 6.07) is 0. The molecule has 0 aromatic rings. The molecule has 0 spiro atoms. The molecule has 5 atom stereocenters. The van der Waals surface area contributed by atoms with Gasteiger partial charge < -0.3 is 33.8 Å². The Labute approximate surface area is 575 Å². The van der Waals surface area contributed by atoms with Crippen LogP contribution in [0.1, 0.15) is 400 Å². The summed E-state index contributed by atoms with van der Waals surface area (Å²) in [6.07, 6.45) is 60.5. The molecule has 0 aliphatic heterocycles. The standard InChI is InChI=1S/C75H146O17P2/c1-5-9-13-17-20-23-25-27-29-31-33-35-37-39-41-43-45-47-50-54-58-62-75(80)92-71(66-86-73(78)60-56-52-49-46-44-42-40-38-36-34-32-30-28-26-24-21-18-14-10-6-2)68-90-94(83,84)88-64-69(76)63-87-93(81,82)89-67-70(65-85-72(77)59-55-51-16-12-8-4)91-74(79)61-57-53-48-22-19-15-11-7-3/h69-71,76H,5-68H2,1-4H3,(H,81,82)(H,83,84)/t69-,70+,71+/m0/s1. The zero-order valence-electron chi connectivity index (χ0n) is 60.9. The van der Waals surface area contributed by atoms with Crippen molar-refractivity contribution in [2.45, 2.75) is 418 Å². The third-order valence-corrected chi connectivity index (χ3v) is 19.5. The third kappa shape index (κ3) is 68.6. The maximum atomic E-state index is 13.1. The SMILES string of the molecule is CCCCCCCCCCCCCCCCCCCCCCCC(=O)O[C@H](COC(=O)CCCCCCCCCCCCCCCCCCCCCC)COP(=O)(O)OC[C@@H](O)COP(=O)(O)OC[C@@H](COC(=O)CCCCCCC)OC(=O)CCCCCCCCCC. The predicted molar refractivity (Wildman–Crippen MR) is 382 cm³/mol. The first-order valence-electron chi connectivity index (χ1n) is 39.3. The number of phosphoric acid groups is 2. The quantitative estimate of drug-likeness (QED) is 0.0222. The summed E-state index contributed by atoms with van der Waals surface area (Å²) in [5, 5.41) is 10.6. The van der Waals surface area contributed by atoms with Crippen molar-refractivity contribution in [3.63, 3.8) is 0 Å². The average molecular weight is 1380 g/mol. The highest BCUT2D eigenvalue weighted by atomic mass is 31.2. The van der Waals surface area contributed by atoms with Crippen LogP contribution in [0.3, 0.4) is 0 Å². The zero-order valence-corrected chi connectivity index (χ0v) is 62.7. The first kappa shape index (κ1) is 92.1. The topological polar surface area (TPSA) is 237 Å². The lowest BCUT2D eigenvalue weighted by molar-refractivity contribution is -0.161. The number of aliphatic hydroxyl groups is 1. The number of ether oxygens (including phenoxy) is 4. The smallest absolute Gasteiger partial charge is 0.462 e. The van der Waals surface area contributed by atoms with Crippen LogP contribution in [0, 0.1) is 0 Å². The molecule has 0 fully saturated rings. The van der Waals surface area contributed by atoms with Gasteiger partial charge in [0, 0.05) is 25.7 Å². The Bertz CT molecular complexity index is 1790. The van der Waals surface area contributed by atoms with Gasteiger partial charge in [-0.1, -0.05) is 349 Å². The molecule has 0 heterocycles. The second-order valence-electron chi connectivity index (χ2n) is 27.0. The summed E-state index contributed by atoms with van der Waals surface area (Å²) in [4.78, 5) is 72.3. The molecular weight excluding hydrogens is 1230 g/mol. The van der Waals surface area contributed by atoms with E-state index in [0.29, 0.717) is 25.7 Å². The Hall–Kier alpha value is -1.94. The summed E-state index contributed by atoms with van der Waals surface area (Å²) in [7, 11) is -9.89. The Morgan fingerprint density at radius 2 is 0.426 bits per heavy atom. The van der Waals surface area contributed by atoms with Crippen LogP contribution in [0.4, 0.5) is 0 Å². The van der Waals surface area contributed by atoms with Gasteiger partial charge in [0.15, 0.2) is 12.2 Å². The number of carbonyl (C=O) groups is 4. The van der Waals surface area contributed by atoms with E-state index in [4.69, 9.17) is 37.0 Å². The van der Waals surface area contributed by atoms with Crippen molar-refractivity contribution in [1.29, 1.82) is 0 Å². The van der Waals surface area contributed by atoms with Crippen LogP contribution in [0.25, 0.3) is 0 Å². The molecule has 0 aliphatic carbocycles. The second-order valence-corrected chi connectivity index (χ2v) is 29.9. The summed E-state index contributed by atoms with van der Waals surface area (Å²) >= 11 is 0. The average Bonchev–Trinajstić information content (AvgIpc) is 1.63. The van der Waals surface area contributed by atoms with E-state index < -0.39 is 97.5 Å². The van der Waals surface area contributed by atoms with Gasteiger partial charge in [0.25, 0.3) is 0 Å². The molecule has 0 bridgehead atoms. The molecule has 17 nitrogen and oxygen atoms in total. The lowest BCUT2D eigenvalue weighted by Crippen LogP contribution is -2.30. The van der Waals surface area contributed by atoms with Crippen LogP contribution in [-0.4, -0.2) is 96.7 Å². The Kier molecular flexibility index (Phi) is 68.1. The monoisotopic (exact) mass is 1380 g/mol. The second kappa shape index (κ2) is 69.5. The van der Waals surface area contributed by atoms with Crippen LogP contribution >= 0.6 is 15.6 Å². The number of phosphoric ester groups is 2. The van der Waals surface area contributed by atoms with Gasteiger partial charge in [0.2, 0.25) is 0 Å². The number of rotatable bonds is 76. The number of hydrogen-bond acceptors (Lipinski definition) is 15.